The number of hydrogen-bond acceptors (Lipinski definition) is 3. The summed E-state index contributed by atoms with van der Waals surface area (Å²) in [7, 11) is 0. The molecular weight excluding hydrogens is 304 g/mol. The molecule has 0 saturated heterocycles. The summed E-state index contributed by atoms with van der Waals surface area (Å²) in [5.74, 6) is -1.23. The van der Waals surface area contributed by atoms with Crippen LogP contribution in [-0.2, 0) is 27.5 Å². The highest BCUT2D eigenvalue weighted by atomic mass is 16.5. The summed E-state index contributed by atoms with van der Waals surface area (Å²) in [6.07, 6.45) is -1.14. The Labute approximate surface area is 143 Å². The van der Waals surface area contributed by atoms with Gasteiger partial charge in [0.1, 0.15) is 0 Å². The van der Waals surface area contributed by atoms with Crippen LogP contribution in [0.15, 0.2) is 60.7 Å². The maximum Gasteiger partial charge on any atom is 0.333 e. The van der Waals surface area contributed by atoms with Gasteiger partial charge in [0.25, 0.3) is 0 Å². The maximum absolute atomic E-state index is 11.6. The molecule has 0 bridgehead atoms. The predicted octanol–water partition coefficient (Wildman–Crippen LogP) is 3.90. The first-order valence-corrected chi connectivity index (χ1v) is 8.12. The van der Waals surface area contributed by atoms with Crippen molar-refractivity contribution in [2.45, 2.75) is 39.3 Å². The Balaban J connectivity index is 1.89. The zero-order valence-corrected chi connectivity index (χ0v) is 14.1. The maximum atomic E-state index is 11.6. The lowest BCUT2D eigenvalue weighted by Gasteiger charge is -2.26. The lowest BCUT2D eigenvalue weighted by atomic mass is 9.99. The van der Waals surface area contributed by atoms with Gasteiger partial charge in [0.15, 0.2) is 6.10 Å². The van der Waals surface area contributed by atoms with Crippen molar-refractivity contribution < 1.29 is 19.4 Å². The quantitative estimate of drug-likeness (QED) is 0.758. The lowest BCUT2D eigenvalue weighted by Crippen LogP contribution is -2.37. The van der Waals surface area contributed by atoms with Crippen LogP contribution in [-0.4, -0.2) is 23.3 Å². The van der Waals surface area contributed by atoms with Crippen LogP contribution >= 0.6 is 0 Å². The molecule has 0 aliphatic heterocycles. The molecule has 1 unspecified atom stereocenters. The molecule has 0 saturated carbocycles. The molecule has 0 spiro atoms. The van der Waals surface area contributed by atoms with Gasteiger partial charge >= 0.3 is 5.97 Å². The number of ether oxygens (including phenoxy) is 2. The molecule has 1 N–H and O–H groups in total. The monoisotopic (exact) mass is 328 g/mol. The van der Waals surface area contributed by atoms with Crippen LogP contribution < -0.4 is 0 Å². The van der Waals surface area contributed by atoms with E-state index in [0.717, 1.165) is 11.1 Å². The van der Waals surface area contributed by atoms with Crippen LogP contribution in [0.3, 0.4) is 0 Å². The number of carbonyl (C=O) groups is 1. The van der Waals surface area contributed by atoms with E-state index in [9.17, 15) is 9.90 Å². The normalized spacial score (nSPS) is 14.8. The average Bonchev–Trinajstić information content (AvgIpc) is 2.61. The van der Waals surface area contributed by atoms with Crippen LogP contribution in [0.2, 0.25) is 0 Å². The Morgan fingerprint density at radius 1 is 0.875 bits per heavy atom. The summed E-state index contributed by atoms with van der Waals surface area (Å²) in [5, 5.41) is 9.48. The molecule has 0 heterocycles. The summed E-state index contributed by atoms with van der Waals surface area (Å²) in [5.41, 5.74) is 2.02. The Morgan fingerprint density at radius 2 is 1.33 bits per heavy atom. The van der Waals surface area contributed by atoms with Crippen molar-refractivity contribution >= 4 is 5.97 Å². The average molecular weight is 328 g/mol. The van der Waals surface area contributed by atoms with Gasteiger partial charge in [-0.05, 0) is 18.1 Å². The second-order valence-corrected chi connectivity index (χ2v) is 5.92. The van der Waals surface area contributed by atoms with E-state index < -0.39 is 12.1 Å². The first kappa shape index (κ1) is 18.2. The van der Waals surface area contributed by atoms with Gasteiger partial charge in [-0.2, -0.15) is 0 Å². The van der Waals surface area contributed by atoms with Crippen molar-refractivity contribution in [3.05, 3.63) is 71.8 Å². The Morgan fingerprint density at radius 3 is 1.79 bits per heavy atom. The van der Waals surface area contributed by atoms with Gasteiger partial charge in [0.05, 0.1) is 19.3 Å². The van der Waals surface area contributed by atoms with E-state index in [0.29, 0.717) is 6.61 Å². The molecule has 0 aliphatic rings. The number of carboxylic acids is 1. The molecular formula is C20H24O4. The Hall–Kier alpha value is -2.17. The van der Waals surface area contributed by atoms with E-state index in [2.05, 4.69) is 0 Å². The number of aliphatic carboxylic acids is 1. The highest BCUT2D eigenvalue weighted by Crippen LogP contribution is 2.18. The van der Waals surface area contributed by atoms with Gasteiger partial charge in [-0.3, -0.25) is 0 Å². The summed E-state index contributed by atoms with van der Waals surface area (Å²) in [6, 6.07) is 19.4. The van der Waals surface area contributed by atoms with Gasteiger partial charge in [0.2, 0.25) is 0 Å². The number of hydrogen-bond donors (Lipinski definition) is 1. The summed E-state index contributed by atoms with van der Waals surface area (Å²) in [6.45, 7) is 4.46. The first-order chi connectivity index (χ1) is 11.6. The van der Waals surface area contributed by atoms with Crippen molar-refractivity contribution in [1.29, 1.82) is 0 Å². The SMILES string of the molecule is CC(OCc1ccccc1)[C@H](C)[C@@H](OCc1ccccc1)C(=O)O. The van der Waals surface area contributed by atoms with Crippen molar-refractivity contribution in [3.63, 3.8) is 0 Å². The third-order valence-corrected chi connectivity index (χ3v) is 4.09. The molecule has 128 valence electrons. The van der Waals surface area contributed by atoms with E-state index in [-0.39, 0.29) is 18.6 Å². The molecule has 4 heteroatoms. The molecule has 2 rings (SSSR count). The molecule has 0 aliphatic carbocycles. The minimum atomic E-state index is -0.964. The zero-order chi connectivity index (χ0) is 17.4. The minimum absolute atomic E-state index is 0.234. The summed E-state index contributed by atoms with van der Waals surface area (Å²) in [4.78, 5) is 11.6. The fraction of sp³-hybridized carbons (Fsp3) is 0.350. The third-order valence-electron chi connectivity index (χ3n) is 4.09. The van der Waals surface area contributed by atoms with E-state index in [4.69, 9.17) is 9.47 Å². The molecule has 4 nitrogen and oxygen atoms in total. The third kappa shape index (κ3) is 5.48. The largest absolute Gasteiger partial charge is 0.479 e. The van der Waals surface area contributed by atoms with Gasteiger partial charge in [-0.15, -0.1) is 0 Å². The molecule has 2 aromatic rings. The van der Waals surface area contributed by atoms with Crippen LogP contribution in [0.5, 0.6) is 0 Å². The van der Waals surface area contributed by atoms with Crippen molar-refractivity contribution in [3.8, 4) is 0 Å². The Bertz CT molecular complexity index is 612. The smallest absolute Gasteiger partial charge is 0.333 e. The van der Waals surface area contributed by atoms with Gasteiger partial charge < -0.3 is 14.6 Å². The van der Waals surface area contributed by atoms with E-state index in [1.54, 1.807) is 0 Å². The van der Waals surface area contributed by atoms with Gasteiger partial charge in [-0.1, -0.05) is 67.6 Å². The molecule has 0 fully saturated rings. The molecule has 2 aromatic carbocycles. The van der Waals surface area contributed by atoms with Crippen molar-refractivity contribution in [2.24, 2.45) is 5.92 Å². The van der Waals surface area contributed by atoms with Crippen LogP contribution in [0.4, 0.5) is 0 Å². The predicted molar refractivity (Wildman–Crippen MR) is 92.5 cm³/mol. The lowest BCUT2D eigenvalue weighted by molar-refractivity contribution is -0.160. The van der Waals surface area contributed by atoms with Crippen LogP contribution in [0.1, 0.15) is 25.0 Å². The zero-order valence-electron chi connectivity index (χ0n) is 14.1. The standard InChI is InChI=1S/C20H24O4/c1-15(16(2)23-13-17-9-5-3-6-10-17)19(20(21)22)24-14-18-11-7-4-8-12-18/h3-12,15-16,19H,13-14H2,1-2H3,(H,21,22)/t15-,16?,19+/m0/s1. The minimum Gasteiger partial charge on any atom is -0.479 e. The van der Waals surface area contributed by atoms with E-state index in [1.807, 2.05) is 74.5 Å². The second-order valence-electron chi connectivity index (χ2n) is 5.92. The highest BCUT2D eigenvalue weighted by Gasteiger charge is 2.30. The summed E-state index contributed by atoms with van der Waals surface area (Å²) >= 11 is 0. The van der Waals surface area contributed by atoms with Crippen LogP contribution in [0.25, 0.3) is 0 Å². The fourth-order valence-corrected chi connectivity index (χ4v) is 2.41. The number of rotatable bonds is 9. The van der Waals surface area contributed by atoms with Crippen LogP contribution in [0, 0.1) is 5.92 Å². The number of carboxylic acid groups (broad SMARTS) is 1. The molecule has 24 heavy (non-hydrogen) atoms. The Kier molecular flexibility index (Phi) is 6.97. The topological polar surface area (TPSA) is 55.8 Å². The molecule has 0 radical (unpaired) electrons. The molecule has 0 aromatic heterocycles. The number of benzene rings is 2. The first-order valence-electron chi connectivity index (χ1n) is 8.12. The highest BCUT2D eigenvalue weighted by molar-refractivity contribution is 5.72. The van der Waals surface area contributed by atoms with Crippen molar-refractivity contribution in [1.82, 2.24) is 0 Å². The fourth-order valence-electron chi connectivity index (χ4n) is 2.41. The van der Waals surface area contributed by atoms with E-state index in [1.165, 1.54) is 0 Å². The van der Waals surface area contributed by atoms with Gasteiger partial charge in [-0.25, -0.2) is 4.79 Å². The second kappa shape index (κ2) is 9.21. The van der Waals surface area contributed by atoms with E-state index >= 15 is 0 Å². The summed E-state index contributed by atoms with van der Waals surface area (Å²) < 4.78 is 11.5. The molecule has 3 atom stereocenters. The van der Waals surface area contributed by atoms with Gasteiger partial charge in [0, 0.05) is 5.92 Å². The molecule has 0 amide bonds. The van der Waals surface area contributed by atoms with Crippen molar-refractivity contribution in [2.75, 3.05) is 0 Å².